The Morgan fingerprint density at radius 1 is 1.11 bits per heavy atom. The molecule has 0 aliphatic carbocycles. The van der Waals surface area contributed by atoms with Gasteiger partial charge in [-0.15, -0.1) is 10.2 Å². The van der Waals surface area contributed by atoms with Gasteiger partial charge < -0.3 is 13.7 Å². The molecule has 11 heteroatoms. The van der Waals surface area contributed by atoms with Gasteiger partial charge in [0.2, 0.25) is 5.89 Å². The molecule has 0 bridgehead atoms. The number of fused-ring (bicyclic) bond motifs is 1. The number of pyridine rings is 1. The highest BCUT2D eigenvalue weighted by Crippen LogP contribution is 2.33. The highest BCUT2D eigenvalue weighted by Gasteiger charge is 2.26. The summed E-state index contributed by atoms with van der Waals surface area (Å²) >= 11 is 0. The van der Waals surface area contributed by atoms with Gasteiger partial charge in [0.15, 0.2) is 5.58 Å². The zero-order valence-corrected chi connectivity index (χ0v) is 19.2. The number of nitrogens with zero attached hydrogens (tertiary/aromatic N) is 5. The molecule has 1 fully saturated rings. The Balaban J connectivity index is 1.37. The van der Waals surface area contributed by atoms with Gasteiger partial charge in [-0.3, -0.25) is 9.55 Å². The average Bonchev–Trinajstić information content (AvgIpc) is 3.45. The van der Waals surface area contributed by atoms with Crippen LogP contribution in [0.4, 0.5) is 13.2 Å². The number of oxazole rings is 1. The van der Waals surface area contributed by atoms with Crippen molar-refractivity contribution in [1.29, 1.82) is 0 Å². The van der Waals surface area contributed by atoms with Crippen LogP contribution < -0.4 is 5.76 Å². The molecular weight excluding hydrogens is 463 g/mol. The third kappa shape index (κ3) is 4.60. The maximum absolute atomic E-state index is 15.1. The van der Waals surface area contributed by atoms with E-state index in [0.29, 0.717) is 34.0 Å². The first-order valence-corrected chi connectivity index (χ1v) is 11.4. The van der Waals surface area contributed by atoms with E-state index in [0.717, 1.165) is 25.9 Å². The third-order valence-electron chi connectivity index (χ3n) is 6.51. The molecule has 0 amide bonds. The normalized spacial score (nSPS) is 15.6. The monoisotopic (exact) mass is 487 g/mol. The van der Waals surface area contributed by atoms with Crippen LogP contribution in [0.3, 0.4) is 0 Å². The van der Waals surface area contributed by atoms with Crippen molar-refractivity contribution in [3.63, 3.8) is 0 Å². The second-order valence-corrected chi connectivity index (χ2v) is 8.98. The third-order valence-corrected chi connectivity index (χ3v) is 6.51. The SMILES string of the molecule is CC(C)N1CCC(c2cc3oc(=O)n(Cc4ccc(-c5nnc(C(F)F)o5)cn4)c3cc2F)CC1. The van der Waals surface area contributed by atoms with Gasteiger partial charge >= 0.3 is 12.2 Å². The van der Waals surface area contributed by atoms with Gasteiger partial charge in [-0.25, -0.2) is 9.18 Å². The molecule has 1 aliphatic rings. The van der Waals surface area contributed by atoms with Crippen molar-refractivity contribution < 1.29 is 22.0 Å². The Morgan fingerprint density at radius 2 is 1.89 bits per heavy atom. The van der Waals surface area contributed by atoms with Crippen LogP contribution in [0.25, 0.3) is 22.6 Å². The second-order valence-electron chi connectivity index (χ2n) is 8.98. The fraction of sp³-hybridized carbons (Fsp3) is 0.417. The van der Waals surface area contributed by atoms with Gasteiger partial charge in [0.25, 0.3) is 5.89 Å². The number of halogens is 3. The van der Waals surface area contributed by atoms with E-state index < -0.39 is 18.1 Å². The van der Waals surface area contributed by atoms with Crippen LogP contribution in [-0.4, -0.2) is 43.8 Å². The highest BCUT2D eigenvalue weighted by atomic mass is 19.3. The number of rotatable bonds is 6. The quantitative estimate of drug-likeness (QED) is 0.388. The second kappa shape index (κ2) is 9.29. The molecule has 184 valence electrons. The molecule has 0 N–H and O–H groups in total. The van der Waals surface area contributed by atoms with E-state index in [9.17, 15) is 13.6 Å². The van der Waals surface area contributed by atoms with Crippen molar-refractivity contribution in [3.05, 3.63) is 64.0 Å². The minimum absolute atomic E-state index is 0.0454. The van der Waals surface area contributed by atoms with Crippen molar-refractivity contribution in [2.45, 2.75) is 51.6 Å². The molecule has 5 rings (SSSR count). The summed E-state index contributed by atoms with van der Waals surface area (Å²) < 4.78 is 52.1. The van der Waals surface area contributed by atoms with Crippen LogP contribution in [0, 0.1) is 5.82 Å². The number of hydrogen-bond donors (Lipinski definition) is 0. The number of alkyl halides is 2. The topological polar surface area (TPSA) is 90.2 Å². The fourth-order valence-electron chi connectivity index (χ4n) is 4.53. The van der Waals surface area contributed by atoms with Crippen LogP contribution in [0.1, 0.15) is 56.2 Å². The molecule has 1 saturated heterocycles. The number of benzene rings is 1. The van der Waals surface area contributed by atoms with Crippen molar-refractivity contribution in [2.75, 3.05) is 13.1 Å². The van der Waals surface area contributed by atoms with E-state index in [4.69, 9.17) is 8.83 Å². The lowest BCUT2D eigenvalue weighted by Crippen LogP contribution is -2.38. The molecule has 0 spiro atoms. The molecule has 0 saturated carbocycles. The molecule has 1 aliphatic heterocycles. The molecule has 3 aromatic heterocycles. The zero-order chi connectivity index (χ0) is 24.7. The first-order valence-electron chi connectivity index (χ1n) is 11.4. The summed E-state index contributed by atoms with van der Waals surface area (Å²) in [5.41, 5.74) is 2.10. The average molecular weight is 487 g/mol. The van der Waals surface area contributed by atoms with Crippen molar-refractivity contribution in [3.8, 4) is 11.5 Å². The largest absolute Gasteiger partial charge is 0.420 e. The van der Waals surface area contributed by atoms with Crippen LogP contribution in [0.5, 0.6) is 0 Å². The summed E-state index contributed by atoms with van der Waals surface area (Å²) in [6.07, 6.45) is 0.216. The standard InChI is InChI=1S/C24H24F3N5O3/c1-13(2)31-7-5-14(6-8-31)17-9-20-19(10-18(17)25)32(24(33)34-20)12-16-4-3-15(11-28-16)22-29-30-23(35-22)21(26)27/h3-4,9-11,13-14,21H,5-8,12H2,1-2H3. The van der Waals surface area contributed by atoms with Gasteiger partial charge in [-0.2, -0.15) is 8.78 Å². The lowest BCUT2D eigenvalue weighted by atomic mass is 9.88. The smallest absolute Gasteiger partial charge is 0.415 e. The van der Waals surface area contributed by atoms with Crippen molar-refractivity contribution in [1.82, 2.24) is 24.6 Å². The van der Waals surface area contributed by atoms with E-state index in [1.165, 1.54) is 16.8 Å². The van der Waals surface area contributed by atoms with Gasteiger partial charge in [0.05, 0.1) is 23.3 Å². The highest BCUT2D eigenvalue weighted by molar-refractivity contribution is 5.74. The van der Waals surface area contributed by atoms with Gasteiger partial charge in [-0.1, -0.05) is 0 Å². The summed E-state index contributed by atoms with van der Waals surface area (Å²) in [4.78, 5) is 19.2. The summed E-state index contributed by atoms with van der Waals surface area (Å²) in [5, 5.41) is 6.88. The lowest BCUT2D eigenvalue weighted by molar-refractivity contribution is 0.116. The van der Waals surface area contributed by atoms with Crippen molar-refractivity contribution >= 4 is 11.1 Å². The molecule has 0 atom stereocenters. The summed E-state index contributed by atoms with van der Waals surface area (Å²) in [5.74, 6) is -1.75. The Kier molecular flexibility index (Phi) is 6.18. The molecule has 0 radical (unpaired) electrons. The maximum atomic E-state index is 15.1. The van der Waals surface area contributed by atoms with E-state index in [2.05, 4.69) is 33.9 Å². The summed E-state index contributed by atoms with van der Waals surface area (Å²) in [6.45, 7) is 6.16. The minimum Gasteiger partial charge on any atom is -0.415 e. The fourth-order valence-corrected chi connectivity index (χ4v) is 4.53. The van der Waals surface area contributed by atoms with Crippen molar-refractivity contribution in [2.24, 2.45) is 0 Å². The van der Waals surface area contributed by atoms with E-state index in [-0.39, 0.29) is 24.2 Å². The number of hydrogen-bond acceptors (Lipinski definition) is 7. The number of piperidine rings is 1. The zero-order valence-electron chi connectivity index (χ0n) is 19.2. The molecular formula is C24H24F3N5O3. The lowest BCUT2D eigenvalue weighted by Gasteiger charge is -2.34. The van der Waals surface area contributed by atoms with E-state index >= 15 is 4.39 Å². The number of likely N-dealkylation sites (tertiary alicyclic amines) is 1. The summed E-state index contributed by atoms with van der Waals surface area (Å²) in [7, 11) is 0. The summed E-state index contributed by atoms with van der Waals surface area (Å²) in [6, 6.07) is 6.62. The number of aromatic nitrogens is 4. The van der Waals surface area contributed by atoms with Crippen LogP contribution in [0.2, 0.25) is 0 Å². The minimum atomic E-state index is -2.86. The van der Waals surface area contributed by atoms with Gasteiger partial charge in [0, 0.05) is 18.3 Å². The maximum Gasteiger partial charge on any atom is 0.420 e. The molecule has 4 heterocycles. The molecule has 1 aromatic carbocycles. The Hall–Kier alpha value is -3.47. The predicted molar refractivity (Wildman–Crippen MR) is 121 cm³/mol. The Labute approximate surface area is 198 Å². The van der Waals surface area contributed by atoms with Crippen LogP contribution in [-0.2, 0) is 6.54 Å². The first kappa shape index (κ1) is 23.3. The van der Waals surface area contributed by atoms with Gasteiger partial charge in [-0.05, 0) is 69.5 Å². The molecule has 4 aromatic rings. The molecule has 8 nitrogen and oxygen atoms in total. The first-order chi connectivity index (χ1) is 16.8. The van der Waals surface area contributed by atoms with E-state index in [1.54, 1.807) is 18.2 Å². The Bertz CT molecular complexity index is 1390. The molecule has 35 heavy (non-hydrogen) atoms. The van der Waals surface area contributed by atoms with E-state index in [1.807, 2.05) is 0 Å². The van der Waals surface area contributed by atoms with Crippen LogP contribution in [0.15, 0.2) is 44.1 Å². The van der Waals surface area contributed by atoms with Gasteiger partial charge in [0.1, 0.15) is 5.82 Å². The Morgan fingerprint density at radius 3 is 2.51 bits per heavy atom. The predicted octanol–water partition coefficient (Wildman–Crippen LogP) is 4.75. The molecule has 0 unspecified atom stereocenters. The van der Waals surface area contributed by atoms with Crippen LogP contribution >= 0.6 is 0 Å².